The number of methoxy groups -OCH3 is 2. The third-order valence-electron chi connectivity index (χ3n) is 4.94. The number of amides is 1. The van der Waals surface area contributed by atoms with Crippen molar-refractivity contribution in [2.24, 2.45) is 0 Å². The quantitative estimate of drug-likeness (QED) is 0.721. The summed E-state index contributed by atoms with van der Waals surface area (Å²) >= 11 is 0. The van der Waals surface area contributed by atoms with Gasteiger partial charge in [-0.2, -0.15) is 0 Å². The molecule has 8 heteroatoms. The summed E-state index contributed by atoms with van der Waals surface area (Å²) in [6, 6.07) is 12.3. The van der Waals surface area contributed by atoms with Gasteiger partial charge in [0.15, 0.2) is 11.5 Å². The molecule has 2 aromatic carbocycles. The van der Waals surface area contributed by atoms with Crippen LogP contribution >= 0.6 is 0 Å². The summed E-state index contributed by atoms with van der Waals surface area (Å²) < 4.78 is 36.7. The summed E-state index contributed by atoms with van der Waals surface area (Å²) in [5, 5.41) is 0. The molecule has 156 valence electrons. The van der Waals surface area contributed by atoms with Crippen molar-refractivity contribution in [1.29, 1.82) is 0 Å². The fourth-order valence-electron chi connectivity index (χ4n) is 3.42. The third kappa shape index (κ3) is 4.64. The summed E-state index contributed by atoms with van der Waals surface area (Å²) in [6.45, 7) is 0.826. The normalized spacial score (nSPS) is 15.6. The zero-order valence-electron chi connectivity index (χ0n) is 16.9. The smallest absolute Gasteiger partial charge is 0.253 e. The highest BCUT2D eigenvalue weighted by Crippen LogP contribution is 2.28. The summed E-state index contributed by atoms with van der Waals surface area (Å²) in [4.78, 5) is 14.5. The van der Waals surface area contributed by atoms with Crippen LogP contribution in [0.4, 0.5) is 5.69 Å². The number of anilines is 1. The van der Waals surface area contributed by atoms with Crippen molar-refractivity contribution < 1.29 is 22.7 Å². The molecule has 29 heavy (non-hydrogen) atoms. The maximum absolute atomic E-state index is 12.9. The molecule has 0 aliphatic carbocycles. The van der Waals surface area contributed by atoms with E-state index in [1.807, 2.05) is 12.1 Å². The summed E-state index contributed by atoms with van der Waals surface area (Å²) in [7, 11) is 1.53. The highest BCUT2D eigenvalue weighted by molar-refractivity contribution is 7.92. The second-order valence-corrected chi connectivity index (χ2v) is 9.01. The van der Waals surface area contributed by atoms with Crippen LogP contribution in [0.15, 0.2) is 42.5 Å². The van der Waals surface area contributed by atoms with Crippen LogP contribution in [-0.2, 0) is 16.6 Å². The van der Waals surface area contributed by atoms with E-state index in [1.54, 1.807) is 56.5 Å². The minimum absolute atomic E-state index is 0.143. The second kappa shape index (κ2) is 8.73. The molecule has 1 amide bonds. The summed E-state index contributed by atoms with van der Waals surface area (Å²) in [5.74, 6) is 1.18. The van der Waals surface area contributed by atoms with E-state index in [4.69, 9.17) is 9.47 Å². The molecule has 2 aromatic rings. The number of carbonyl (C=O) groups is 1. The number of hydrogen-bond donors (Lipinski definition) is 0. The van der Waals surface area contributed by atoms with Crippen molar-refractivity contribution in [3.05, 3.63) is 53.6 Å². The molecule has 1 aliphatic heterocycles. The van der Waals surface area contributed by atoms with Gasteiger partial charge < -0.3 is 14.4 Å². The van der Waals surface area contributed by atoms with Gasteiger partial charge >= 0.3 is 0 Å². The first kappa shape index (κ1) is 21.0. The van der Waals surface area contributed by atoms with E-state index in [2.05, 4.69) is 0 Å². The Hall–Kier alpha value is -2.74. The lowest BCUT2D eigenvalue weighted by atomic mass is 10.1. The molecule has 0 unspecified atom stereocenters. The van der Waals surface area contributed by atoms with Crippen LogP contribution in [0.2, 0.25) is 0 Å². The SMILES string of the molecule is COc1ccc(CN(C)C(=O)c2cccc(N3CCCCS3(=O)=O)c2)cc1OC. The number of benzene rings is 2. The van der Waals surface area contributed by atoms with Gasteiger partial charge in [0.2, 0.25) is 10.0 Å². The van der Waals surface area contributed by atoms with Gasteiger partial charge in [-0.05, 0) is 48.7 Å². The van der Waals surface area contributed by atoms with Crippen LogP contribution in [-0.4, -0.2) is 52.8 Å². The fraction of sp³-hybridized carbons (Fsp3) is 0.381. The topological polar surface area (TPSA) is 76.2 Å². The Labute approximate surface area is 171 Å². The van der Waals surface area contributed by atoms with Gasteiger partial charge in [-0.25, -0.2) is 8.42 Å². The van der Waals surface area contributed by atoms with Gasteiger partial charge in [-0.1, -0.05) is 12.1 Å². The summed E-state index contributed by atoms with van der Waals surface area (Å²) in [5.41, 5.74) is 1.88. The van der Waals surface area contributed by atoms with Crippen LogP contribution < -0.4 is 13.8 Å². The monoisotopic (exact) mass is 418 g/mol. The van der Waals surface area contributed by atoms with E-state index >= 15 is 0 Å². The zero-order valence-corrected chi connectivity index (χ0v) is 17.7. The zero-order chi connectivity index (χ0) is 21.0. The van der Waals surface area contributed by atoms with Crippen molar-refractivity contribution in [2.75, 3.05) is 37.9 Å². The van der Waals surface area contributed by atoms with Gasteiger partial charge in [-0.3, -0.25) is 9.10 Å². The van der Waals surface area contributed by atoms with Gasteiger partial charge in [-0.15, -0.1) is 0 Å². The first-order chi connectivity index (χ1) is 13.9. The Morgan fingerprint density at radius 1 is 1.07 bits per heavy atom. The van der Waals surface area contributed by atoms with Crippen LogP contribution in [0.25, 0.3) is 0 Å². The van der Waals surface area contributed by atoms with Crippen molar-refractivity contribution >= 4 is 21.6 Å². The molecule has 0 N–H and O–H groups in total. The van der Waals surface area contributed by atoms with E-state index < -0.39 is 10.0 Å². The Kier molecular flexibility index (Phi) is 6.32. The fourth-order valence-corrected chi connectivity index (χ4v) is 5.05. The highest BCUT2D eigenvalue weighted by atomic mass is 32.2. The number of sulfonamides is 1. The van der Waals surface area contributed by atoms with Crippen LogP contribution in [0.5, 0.6) is 11.5 Å². The molecule has 0 aromatic heterocycles. The predicted octanol–water partition coefficient (Wildman–Crippen LogP) is 2.91. The maximum atomic E-state index is 12.9. The Balaban J connectivity index is 1.78. The van der Waals surface area contributed by atoms with Gasteiger partial charge in [0, 0.05) is 25.7 Å². The highest BCUT2D eigenvalue weighted by Gasteiger charge is 2.26. The largest absolute Gasteiger partial charge is 0.493 e. The molecule has 1 heterocycles. The Morgan fingerprint density at radius 3 is 2.52 bits per heavy atom. The molecule has 0 radical (unpaired) electrons. The lowest BCUT2D eigenvalue weighted by Gasteiger charge is -2.28. The van der Waals surface area contributed by atoms with Crippen LogP contribution in [0.1, 0.15) is 28.8 Å². The third-order valence-corrected chi connectivity index (χ3v) is 6.81. The first-order valence-corrected chi connectivity index (χ1v) is 11.0. The van der Waals surface area contributed by atoms with Crippen LogP contribution in [0.3, 0.4) is 0 Å². The van der Waals surface area contributed by atoms with Gasteiger partial charge in [0.1, 0.15) is 0 Å². The molecule has 3 rings (SSSR count). The van der Waals surface area contributed by atoms with E-state index in [-0.39, 0.29) is 11.7 Å². The standard InChI is InChI=1S/C21H26N2O5S/c1-22(15-16-9-10-19(27-2)20(13-16)28-3)21(24)17-7-6-8-18(14-17)23-11-4-5-12-29(23,25)26/h6-10,13-14H,4-5,11-12,15H2,1-3H3. The van der Waals surface area contributed by atoms with Crippen LogP contribution in [0, 0.1) is 0 Å². The van der Waals surface area contributed by atoms with E-state index in [0.29, 0.717) is 42.3 Å². The Morgan fingerprint density at radius 2 is 1.83 bits per heavy atom. The lowest BCUT2D eigenvalue weighted by molar-refractivity contribution is 0.0785. The first-order valence-electron chi connectivity index (χ1n) is 9.42. The molecule has 1 aliphatic rings. The Bertz CT molecular complexity index is 990. The minimum Gasteiger partial charge on any atom is -0.493 e. The molecule has 1 fully saturated rings. The number of hydrogen-bond acceptors (Lipinski definition) is 5. The molecule has 7 nitrogen and oxygen atoms in total. The van der Waals surface area contributed by atoms with Gasteiger partial charge in [0.25, 0.3) is 5.91 Å². The van der Waals surface area contributed by atoms with Gasteiger partial charge in [0.05, 0.1) is 25.7 Å². The average molecular weight is 419 g/mol. The lowest BCUT2D eigenvalue weighted by Crippen LogP contribution is -2.38. The van der Waals surface area contributed by atoms with E-state index in [9.17, 15) is 13.2 Å². The molecule has 0 bridgehead atoms. The average Bonchev–Trinajstić information content (AvgIpc) is 2.72. The van der Waals surface area contributed by atoms with E-state index in [1.165, 1.54) is 4.31 Å². The summed E-state index contributed by atoms with van der Waals surface area (Å²) in [6.07, 6.45) is 1.49. The second-order valence-electron chi connectivity index (χ2n) is 7.00. The molecule has 0 spiro atoms. The number of ether oxygens (including phenoxy) is 2. The van der Waals surface area contributed by atoms with Crippen molar-refractivity contribution in [2.45, 2.75) is 19.4 Å². The molecular formula is C21H26N2O5S. The molecule has 1 saturated heterocycles. The van der Waals surface area contributed by atoms with Crippen molar-refractivity contribution in [1.82, 2.24) is 4.90 Å². The van der Waals surface area contributed by atoms with E-state index in [0.717, 1.165) is 12.0 Å². The minimum atomic E-state index is -3.32. The number of carbonyl (C=O) groups excluding carboxylic acids is 1. The molecule has 0 saturated carbocycles. The predicted molar refractivity (Wildman–Crippen MR) is 112 cm³/mol. The maximum Gasteiger partial charge on any atom is 0.253 e. The van der Waals surface area contributed by atoms with Crippen molar-refractivity contribution in [3.63, 3.8) is 0 Å². The van der Waals surface area contributed by atoms with Crippen molar-refractivity contribution in [3.8, 4) is 11.5 Å². The molecular weight excluding hydrogens is 392 g/mol. The number of nitrogens with zero attached hydrogens (tertiary/aromatic N) is 2. The molecule has 0 atom stereocenters. The number of rotatable bonds is 6.